The van der Waals surface area contributed by atoms with Crippen molar-refractivity contribution in [2.45, 2.75) is 39.0 Å². The molecule has 4 aromatic rings. The van der Waals surface area contributed by atoms with Gasteiger partial charge in [-0.15, -0.1) is 0 Å². The van der Waals surface area contributed by atoms with Crippen molar-refractivity contribution < 1.29 is 14.6 Å². The van der Waals surface area contributed by atoms with Gasteiger partial charge in [0, 0.05) is 37.1 Å². The van der Waals surface area contributed by atoms with Crippen molar-refractivity contribution in [2.24, 2.45) is 0 Å². The molecule has 1 atom stereocenters. The summed E-state index contributed by atoms with van der Waals surface area (Å²) in [4.78, 5) is 28.5. The van der Waals surface area contributed by atoms with Gasteiger partial charge in [-0.25, -0.2) is 15.0 Å². The molecule has 37 heavy (non-hydrogen) atoms. The Morgan fingerprint density at radius 3 is 2.81 bits per heavy atom. The number of pyridine rings is 1. The van der Waals surface area contributed by atoms with Gasteiger partial charge in [0.2, 0.25) is 5.78 Å². The van der Waals surface area contributed by atoms with Crippen molar-refractivity contribution >= 4 is 28.9 Å². The number of carbonyl (C=O) groups excluding carboxylic acids is 1. The second-order valence-corrected chi connectivity index (χ2v) is 10.1. The molecule has 5 heterocycles. The van der Waals surface area contributed by atoms with E-state index in [9.17, 15) is 9.90 Å². The van der Waals surface area contributed by atoms with Gasteiger partial charge in [-0.3, -0.25) is 9.20 Å². The third kappa shape index (κ3) is 4.28. The summed E-state index contributed by atoms with van der Waals surface area (Å²) in [5, 5.41) is 16.6. The molecule has 190 valence electrons. The fourth-order valence-corrected chi connectivity index (χ4v) is 4.95. The predicted octanol–water partition coefficient (Wildman–Crippen LogP) is 3.06. The minimum Gasteiger partial charge on any atom is -0.388 e. The number of amides is 1. The van der Waals surface area contributed by atoms with Crippen LogP contribution in [0.25, 0.3) is 17.0 Å². The lowest BCUT2D eigenvalue weighted by atomic mass is 9.99. The number of nitrogens with one attached hydrogen (secondary N) is 2. The molecular formula is C27H29N7O3. The van der Waals surface area contributed by atoms with Crippen molar-refractivity contribution in [2.75, 3.05) is 29.9 Å². The van der Waals surface area contributed by atoms with Crippen LogP contribution in [0.15, 0.2) is 48.9 Å². The topological polar surface area (TPSA) is 117 Å². The van der Waals surface area contributed by atoms with Gasteiger partial charge >= 0.3 is 0 Å². The first-order chi connectivity index (χ1) is 17.8. The summed E-state index contributed by atoms with van der Waals surface area (Å²) >= 11 is 0. The summed E-state index contributed by atoms with van der Waals surface area (Å²) in [6, 6.07) is 9.74. The lowest BCUT2D eigenvalue weighted by molar-refractivity contribution is -0.0928. The maximum absolute atomic E-state index is 12.8. The largest absolute Gasteiger partial charge is 0.388 e. The molecule has 3 aromatic heterocycles. The van der Waals surface area contributed by atoms with E-state index in [4.69, 9.17) is 4.74 Å². The van der Waals surface area contributed by atoms with Gasteiger partial charge in [-0.1, -0.05) is 6.07 Å². The SMILES string of the molecule is Cc1ccn2c(-c3ccc(Nc4ccc(N5CCO[C@H](C(C)(C)O)C5)cn4)c4c3CNC4=O)cnc2n1. The summed E-state index contributed by atoms with van der Waals surface area (Å²) in [5.74, 6) is 1.14. The third-order valence-corrected chi connectivity index (χ3v) is 6.99. The highest BCUT2D eigenvalue weighted by Gasteiger charge is 2.33. The lowest BCUT2D eigenvalue weighted by Gasteiger charge is -2.39. The smallest absolute Gasteiger partial charge is 0.254 e. The summed E-state index contributed by atoms with van der Waals surface area (Å²) < 4.78 is 7.68. The Balaban J connectivity index is 1.27. The maximum Gasteiger partial charge on any atom is 0.254 e. The number of hydrogen-bond donors (Lipinski definition) is 3. The average Bonchev–Trinajstić information content (AvgIpc) is 3.48. The van der Waals surface area contributed by atoms with E-state index in [1.807, 2.05) is 47.9 Å². The molecule has 0 aliphatic carbocycles. The molecule has 6 rings (SSSR count). The number of hydrogen-bond acceptors (Lipinski definition) is 8. The zero-order chi connectivity index (χ0) is 25.7. The predicted molar refractivity (Wildman–Crippen MR) is 140 cm³/mol. The van der Waals surface area contributed by atoms with Crippen molar-refractivity contribution in [1.29, 1.82) is 0 Å². The molecule has 0 saturated carbocycles. The summed E-state index contributed by atoms with van der Waals surface area (Å²) in [6.07, 6.45) is 5.28. The minimum atomic E-state index is -0.917. The Hall–Kier alpha value is -4.02. The van der Waals surface area contributed by atoms with E-state index in [2.05, 4.69) is 30.5 Å². The molecule has 10 heteroatoms. The maximum atomic E-state index is 12.8. The highest BCUT2D eigenvalue weighted by molar-refractivity contribution is 6.06. The van der Waals surface area contributed by atoms with E-state index in [1.165, 1.54) is 0 Å². The Morgan fingerprint density at radius 2 is 2.03 bits per heavy atom. The van der Waals surface area contributed by atoms with Crippen LogP contribution in [0.4, 0.5) is 17.2 Å². The number of aromatic nitrogens is 4. The Kier molecular flexibility index (Phi) is 5.58. The van der Waals surface area contributed by atoms with E-state index >= 15 is 0 Å². The normalized spacial score (nSPS) is 17.7. The molecule has 1 amide bonds. The first kappa shape index (κ1) is 23.4. The molecule has 0 unspecified atom stereocenters. The number of imidazole rings is 1. The summed E-state index contributed by atoms with van der Waals surface area (Å²) in [6.45, 7) is 7.77. The molecule has 2 aliphatic heterocycles. The Bertz CT molecular complexity index is 1490. The monoisotopic (exact) mass is 499 g/mol. The van der Waals surface area contributed by atoms with Crippen LogP contribution in [0.5, 0.6) is 0 Å². The fraction of sp³-hybridized carbons (Fsp3) is 0.333. The molecule has 0 spiro atoms. The van der Waals surface area contributed by atoms with Crippen molar-refractivity contribution in [1.82, 2.24) is 24.7 Å². The van der Waals surface area contributed by atoms with E-state index in [1.54, 1.807) is 26.2 Å². The molecule has 2 aliphatic rings. The number of nitrogens with zero attached hydrogens (tertiary/aromatic N) is 5. The number of anilines is 3. The van der Waals surface area contributed by atoms with Crippen LogP contribution >= 0.6 is 0 Å². The van der Waals surface area contributed by atoms with Gasteiger partial charge in [-0.05, 0) is 50.6 Å². The number of aliphatic hydroxyl groups is 1. The van der Waals surface area contributed by atoms with E-state index < -0.39 is 5.60 Å². The Labute approximate surface area is 214 Å². The van der Waals surface area contributed by atoms with Crippen molar-refractivity contribution in [3.63, 3.8) is 0 Å². The van der Waals surface area contributed by atoms with Crippen molar-refractivity contribution in [3.05, 3.63) is 65.7 Å². The second kappa shape index (κ2) is 8.82. The molecule has 1 saturated heterocycles. The van der Waals surface area contributed by atoms with E-state index in [0.717, 1.165) is 34.7 Å². The molecule has 1 aromatic carbocycles. The van der Waals surface area contributed by atoms with Gasteiger partial charge in [0.25, 0.3) is 5.91 Å². The van der Waals surface area contributed by atoms with Gasteiger partial charge in [0.15, 0.2) is 0 Å². The molecule has 3 N–H and O–H groups in total. The number of rotatable bonds is 5. The number of carbonyl (C=O) groups is 1. The highest BCUT2D eigenvalue weighted by Crippen LogP contribution is 2.35. The van der Waals surface area contributed by atoms with Crippen LogP contribution in [0, 0.1) is 6.92 Å². The zero-order valence-corrected chi connectivity index (χ0v) is 21.0. The highest BCUT2D eigenvalue weighted by atomic mass is 16.5. The standard InChI is InChI=1S/C27H29N7O3/c1-16-8-9-34-21(14-30-26(34)31-16)18-5-6-20(24-19(18)13-29-25(24)35)32-23-7-4-17(12-28-23)33-10-11-37-22(15-33)27(2,3)36/h4-9,12,14,22,36H,10-11,13,15H2,1-3H3,(H,28,32)(H,29,35)/t22-/m0/s1. The number of morpholine rings is 1. The Morgan fingerprint density at radius 1 is 1.16 bits per heavy atom. The molecular weight excluding hydrogens is 470 g/mol. The fourth-order valence-electron chi connectivity index (χ4n) is 4.95. The van der Waals surface area contributed by atoms with E-state index in [0.29, 0.717) is 42.5 Å². The first-order valence-corrected chi connectivity index (χ1v) is 12.3. The number of fused-ring (bicyclic) bond motifs is 2. The van der Waals surface area contributed by atoms with Gasteiger partial charge in [-0.2, -0.15) is 0 Å². The van der Waals surface area contributed by atoms with Crippen LogP contribution in [-0.2, 0) is 11.3 Å². The van der Waals surface area contributed by atoms with Crippen LogP contribution in [0.1, 0.15) is 35.5 Å². The van der Waals surface area contributed by atoms with Gasteiger partial charge in [0.1, 0.15) is 11.9 Å². The number of aryl methyl sites for hydroxylation is 1. The van der Waals surface area contributed by atoms with Crippen LogP contribution in [0.2, 0.25) is 0 Å². The van der Waals surface area contributed by atoms with Gasteiger partial charge < -0.3 is 25.4 Å². The van der Waals surface area contributed by atoms with Crippen LogP contribution < -0.4 is 15.5 Å². The average molecular weight is 500 g/mol. The van der Waals surface area contributed by atoms with E-state index in [-0.39, 0.29) is 12.0 Å². The number of ether oxygens (including phenoxy) is 1. The van der Waals surface area contributed by atoms with Gasteiger partial charge in [0.05, 0.1) is 47.2 Å². The summed E-state index contributed by atoms with van der Waals surface area (Å²) in [7, 11) is 0. The molecule has 0 radical (unpaired) electrons. The quantitative estimate of drug-likeness (QED) is 0.384. The zero-order valence-electron chi connectivity index (χ0n) is 21.0. The third-order valence-electron chi connectivity index (χ3n) is 6.99. The van der Waals surface area contributed by atoms with Crippen molar-refractivity contribution in [3.8, 4) is 11.3 Å². The second-order valence-electron chi connectivity index (χ2n) is 10.1. The molecule has 1 fully saturated rings. The lowest BCUT2D eigenvalue weighted by Crippen LogP contribution is -2.52. The van der Waals surface area contributed by atoms with Crippen LogP contribution in [0.3, 0.4) is 0 Å². The minimum absolute atomic E-state index is 0.121. The van der Waals surface area contributed by atoms with Crippen LogP contribution in [-0.4, -0.2) is 61.8 Å². The first-order valence-electron chi connectivity index (χ1n) is 12.3. The summed E-state index contributed by atoms with van der Waals surface area (Å²) in [5.41, 5.74) is 4.99. The number of benzene rings is 1. The molecule has 10 nitrogen and oxygen atoms in total. The molecule has 0 bridgehead atoms.